The predicted octanol–water partition coefficient (Wildman–Crippen LogP) is 23.5. The molecule has 1 unspecified atom stereocenters. The van der Waals surface area contributed by atoms with E-state index < -0.39 is 6.10 Å². The number of rotatable bonds is 65. The molecule has 0 aliphatic heterocycles. The van der Waals surface area contributed by atoms with Gasteiger partial charge in [0.1, 0.15) is 13.2 Å². The van der Waals surface area contributed by atoms with Gasteiger partial charge in [-0.25, -0.2) is 0 Å². The van der Waals surface area contributed by atoms with Gasteiger partial charge in [0.15, 0.2) is 6.10 Å². The van der Waals surface area contributed by atoms with Crippen molar-refractivity contribution < 1.29 is 28.6 Å². The quantitative estimate of drug-likeness (QED) is 0.0343. The van der Waals surface area contributed by atoms with Gasteiger partial charge in [-0.3, -0.25) is 14.4 Å². The summed E-state index contributed by atoms with van der Waals surface area (Å²) in [5, 5.41) is 0. The average Bonchev–Trinajstić information content (AvgIpc) is 3.41. The maximum Gasteiger partial charge on any atom is 0.306 e. The van der Waals surface area contributed by atoms with Crippen LogP contribution in [0.5, 0.6) is 0 Å². The topological polar surface area (TPSA) is 78.9 Å². The highest BCUT2D eigenvalue weighted by molar-refractivity contribution is 5.71. The normalized spacial score (nSPS) is 11.9. The fraction of sp³-hybridized carbons (Fsp3) is 0.957. The van der Waals surface area contributed by atoms with Crippen molar-refractivity contribution in [2.24, 2.45) is 0 Å². The van der Waals surface area contributed by atoms with E-state index in [1.54, 1.807) is 0 Å². The summed E-state index contributed by atoms with van der Waals surface area (Å²) in [5.74, 6) is -0.825. The lowest BCUT2D eigenvalue weighted by molar-refractivity contribution is -0.167. The molecule has 0 saturated heterocycles. The van der Waals surface area contributed by atoms with Crippen LogP contribution in [0.15, 0.2) is 0 Å². The Bertz CT molecular complexity index is 1120. The first-order chi connectivity index (χ1) is 37.0. The second kappa shape index (κ2) is 64.9. The Labute approximate surface area is 469 Å². The minimum absolute atomic E-state index is 0.0606. The number of unbranched alkanes of at least 4 members (excludes halogenated alkanes) is 54. The molecule has 0 bridgehead atoms. The molecular formula is C69H134O6. The average molecular weight is 1060 g/mol. The highest BCUT2D eigenvalue weighted by Gasteiger charge is 2.19. The zero-order valence-electron chi connectivity index (χ0n) is 51.4. The first kappa shape index (κ1) is 73.4. The Morgan fingerprint density at radius 3 is 0.533 bits per heavy atom. The van der Waals surface area contributed by atoms with Crippen molar-refractivity contribution in [2.45, 2.75) is 412 Å². The zero-order chi connectivity index (χ0) is 54.3. The van der Waals surface area contributed by atoms with E-state index in [-0.39, 0.29) is 31.1 Å². The summed E-state index contributed by atoms with van der Waals surface area (Å²) in [6, 6.07) is 0. The predicted molar refractivity (Wildman–Crippen MR) is 326 cm³/mol. The minimum atomic E-state index is -0.762. The standard InChI is InChI=1S/C69H134O6/c1-4-7-10-13-16-19-22-24-26-28-30-31-32-33-34-35-36-37-38-39-41-42-44-47-50-53-56-59-62-68(71)74-65-66(64-73-67(70)61-58-55-52-49-46-21-18-15-12-9-6-3)75-69(72)63-60-57-54-51-48-45-43-40-29-27-25-23-20-17-14-11-8-5-2/h66H,4-65H2,1-3H3. The SMILES string of the molecule is CCCCCCCCCCCCCCCCCCCCCCCCCCCCCCC(=O)OCC(COC(=O)CCCCCCCCCCCCC)OC(=O)CCCCCCCCCCCCCCCCCCCC. The molecule has 0 aliphatic rings. The highest BCUT2D eigenvalue weighted by atomic mass is 16.6. The Morgan fingerprint density at radius 2 is 0.360 bits per heavy atom. The van der Waals surface area contributed by atoms with Gasteiger partial charge in [0.2, 0.25) is 0 Å². The Kier molecular flexibility index (Phi) is 63.6. The van der Waals surface area contributed by atoms with E-state index in [1.165, 1.54) is 308 Å². The van der Waals surface area contributed by atoms with Gasteiger partial charge >= 0.3 is 17.9 Å². The Balaban J connectivity index is 4.10. The molecule has 0 aliphatic carbocycles. The van der Waals surface area contributed by atoms with Gasteiger partial charge in [-0.1, -0.05) is 367 Å². The number of esters is 3. The molecule has 0 rings (SSSR count). The van der Waals surface area contributed by atoms with E-state index in [0.29, 0.717) is 19.3 Å². The van der Waals surface area contributed by atoms with Crippen molar-refractivity contribution in [3.8, 4) is 0 Å². The minimum Gasteiger partial charge on any atom is -0.462 e. The molecular weight excluding hydrogens is 925 g/mol. The van der Waals surface area contributed by atoms with E-state index in [9.17, 15) is 14.4 Å². The maximum atomic E-state index is 12.9. The lowest BCUT2D eigenvalue weighted by Gasteiger charge is -2.18. The lowest BCUT2D eigenvalue weighted by Crippen LogP contribution is -2.30. The van der Waals surface area contributed by atoms with Crippen molar-refractivity contribution in [1.82, 2.24) is 0 Å². The lowest BCUT2D eigenvalue weighted by atomic mass is 10.0. The van der Waals surface area contributed by atoms with Crippen molar-refractivity contribution in [3.63, 3.8) is 0 Å². The summed E-state index contributed by atoms with van der Waals surface area (Å²) in [6.45, 7) is 6.73. The largest absolute Gasteiger partial charge is 0.462 e. The molecule has 0 fully saturated rings. The molecule has 0 aromatic rings. The van der Waals surface area contributed by atoms with Gasteiger partial charge < -0.3 is 14.2 Å². The smallest absolute Gasteiger partial charge is 0.306 e. The molecule has 1 atom stereocenters. The third kappa shape index (κ3) is 63.1. The van der Waals surface area contributed by atoms with Crippen LogP contribution < -0.4 is 0 Å². The first-order valence-corrected chi connectivity index (χ1v) is 34.5. The Morgan fingerprint density at radius 1 is 0.213 bits per heavy atom. The van der Waals surface area contributed by atoms with Gasteiger partial charge in [-0.05, 0) is 19.3 Å². The van der Waals surface area contributed by atoms with Crippen LogP contribution in [0.1, 0.15) is 406 Å². The fourth-order valence-electron chi connectivity index (χ4n) is 10.9. The van der Waals surface area contributed by atoms with E-state index in [4.69, 9.17) is 14.2 Å². The van der Waals surface area contributed by atoms with E-state index in [1.807, 2.05) is 0 Å². The summed E-state index contributed by atoms with van der Waals surface area (Å²) in [4.78, 5) is 38.3. The molecule has 6 nitrogen and oxygen atoms in total. The van der Waals surface area contributed by atoms with E-state index in [2.05, 4.69) is 20.8 Å². The number of carbonyl (C=O) groups is 3. The molecule has 0 aromatic carbocycles. The summed E-state index contributed by atoms with van der Waals surface area (Å²) in [5.41, 5.74) is 0. The maximum absolute atomic E-state index is 12.9. The molecule has 0 amide bonds. The van der Waals surface area contributed by atoms with E-state index >= 15 is 0 Å². The zero-order valence-corrected chi connectivity index (χ0v) is 51.4. The van der Waals surface area contributed by atoms with Crippen LogP contribution in [0.2, 0.25) is 0 Å². The fourth-order valence-corrected chi connectivity index (χ4v) is 10.9. The monoisotopic (exact) mass is 1060 g/mol. The molecule has 0 N–H and O–H groups in total. The second-order valence-corrected chi connectivity index (χ2v) is 23.8. The van der Waals surface area contributed by atoms with Crippen LogP contribution in [0.25, 0.3) is 0 Å². The summed E-state index contributed by atoms with van der Waals surface area (Å²) in [7, 11) is 0. The van der Waals surface area contributed by atoms with Crippen LogP contribution in [0.3, 0.4) is 0 Å². The Hall–Kier alpha value is -1.59. The van der Waals surface area contributed by atoms with Crippen molar-refractivity contribution >= 4 is 17.9 Å². The highest BCUT2D eigenvalue weighted by Crippen LogP contribution is 2.19. The number of hydrogen-bond donors (Lipinski definition) is 0. The van der Waals surface area contributed by atoms with Crippen LogP contribution in [0, 0.1) is 0 Å². The molecule has 0 spiro atoms. The van der Waals surface area contributed by atoms with E-state index in [0.717, 1.165) is 57.8 Å². The molecule has 0 aromatic heterocycles. The van der Waals surface area contributed by atoms with Gasteiger partial charge in [-0.15, -0.1) is 0 Å². The van der Waals surface area contributed by atoms with Crippen molar-refractivity contribution in [1.29, 1.82) is 0 Å². The van der Waals surface area contributed by atoms with Crippen molar-refractivity contribution in [2.75, 3.05) is 13.2 Å². The van der Waals surface area contributed by atoms with Gasteiger partial charge in [0.25, 0.3) is 0 Å². The third-order valence-corrected chi connectivity index (χ3v) is 16.1. The summed E-state index contributed by atoms with van der Waals surface area (Å²) < 4.78 is 17.0. The van der Waals surface area contributed by atoms with Crippen LogP contribution in [-0.2, 0) is 28.6 Å². The molecule has 0 saturated carbocycles. The van der Waals surface area contributed by atoms with Crippen LogP contribution in [0.4, 0.5) is 0 Å². The third-order valence-electron chi connectivity index (χ3n) is 16.1. The van der Waals surface area contributed by atoms with Crippen molar-refractivity contribution in [3.05, 3.63) is 0 Å². The molecule has 446 valence electrons. The molecule has 0 heterocycles. The summed E-state index contributed by atoms with van der Waals surface area (Å²) in [6.07, 6.45) is 75.7. The number of ether oxygens (including phenoxy) is 3. The molecule has 6 heteroatoms. The van der Waals surface area contributed by atoms with Gasteiger partial charge in [-0.2, -0.15) is 0 Å². The molecule has 0 radical (unpaired) electrons. The number of hydrogen-bond acceptors (Lipinski definition) is 6. The second-order valence-electron chi connectivity index (χ2n) is 23.8. The summed E-state index contributed by atoms with van der Waals surface area (Å²) >= 11 is 0. The van der Waals surface area contributed by atoms with Gasteiger partial charge in [0.05, 0.1) is 0 Å². The van der Waals surface area contributed by atoms with Crippen LogP contribution >= 0.6 is 0 Å². The van der Waals surface area contributed by atoms with Crippen LogP contribution in [-0.4, -0.2) is 37.2 Å². The number of carbonyl (C=O) groups excluding carboxylic acids is 3. The first-order valence-electron chi connectivity index (χ1n) is 34.5. The van der Waals surface area contributed by atoms with Gasteiger partial charge in [0, 0.05) is 19.3 Å². The molecule has 75 heavy (non-hydrogen) atoms.